The van der Waals surface area contributed by atoms with E-state index < -0.39 is 0 Å². The summed E-state index contributed by atoms with van der Waals surface area (Å²) in [5.74, 6) is 0.497. The van der Waals surface area contributed by atoms with Crippen molar-refractivity contribution in [2.75, 3.05) is 5.32 Å². The molecule has 21 heavy (non-hydrogen) atoms. The summed E-state index contributed by atoms with van der Waals surface area (Å²) in [6, 6.07) is 17.3. The molecule has 0 spiro atoms. The van der Waals surface area contributed by atoms with Gasteiger partial charge in [-0.1, -0.05) is 62.4 Å². The average Bonchev–Trinajstić information content (AvgIpc) is 2.48. The van der Waals surface area contributed by atoms with Crippen LogP contribution in [0.5, 0.6) is 0 Å². The van der Waals surface area contributed by atoms with Gasteiger partial charge in [0.25, 0.3) is 0 Å². The topological polar surface area (TPSA) is 12.0 Å². The lowest BCUT2D eigenvalue weighted by molar-refractivity contribution is 0.662. The van der Waals surface area contributed by atoms with Gasteiger partial charge in [-0.15, -0.1) is 0 Å². The van der Waals surface area contributed by atoms with Gasteiger partial charge in [0.1, 0.15) is 0 Å². The minimum absolute atomic E-state index is 0.497. The van der Waals surface area contributed by atoms with E-state index in [2.05, 4.69) is 81.2 Å². The third-order valence-corrected chi connectivity index (χ3v) is 3.96. The standard InChI is InChI=1S/C20H25N/c1-5-16(3)17(4)21-20-11-9-18(10-12-20)14-19-8-6-7-15(2)13-19/h6-13,16,21H,4-5,14H2,1-3H3. The number of allylic oxidation sites excluding steroid dienone is 1. The van der Waals surface area contributed by atoms with Crippen molar-refractivity contribution < 1.29 is 0 Å². The van der Waals surface area contributed by atoms with Gasteiger partial charge in [-0.3, -0.25) is 0 Å². The summed E-state index contributed by atoms with van der Waals surface area (Å²) in [6.07, 6.45) is 2.09. The molecule has 1 nitrogen and oxygen atoms in total. The molecule has 110 valence electrons. The summed E-state index contributed by atoms with van der Waals surface area (Å²) >= 11 is 0. The van der Waals surface area contributed by atoms with E-state index in [0.717, 1.165) is 24.2 Å². The Kier molecular flexibility index (Phi) is 5.21. The molecular weight excluding hydrogens is 254 g/mol. The van der Waals surface area contributed by atoms with Crippen LogP contribution in [0.25, 0.3) is 0 Å². The van der Waals surface area contributed by atoms with Crippen LogP contribution in [0.3, 0.4) is 0 Å². The van der Waals surface area contributed by atoms with Crippen LogP contribution in [0.1, 0.15) is 37.0 Å². The summed E-state index contributed by atoms with van der Waals surface area (Å²) in [4.78, 5) is 0. The molecule has 1 N–H and O–H groups in total. The van der Waals surface area contributed by atoms with Gasteiger partial charge in [-0.25, -0.2) is 0 Å². The van der Waals surface area contributed by atoms with Gasteiger partial charge in [-0.05, 0) is 48.9 Å². The Bertz CT molecular complexity index is 595. The van der Waals surface area contributed by atoms with Gasteiger partial charge in [0.15, 0.2) is 0 Å². The molecular formula is C20H25N. The van der Waals surface area contributed by atoms with E-state index in [1.54, 1.807) is 0 Å². The molecule has 0 aliphatic rings. The van der Waals surface area contributed by atoms with Crippen LogP contribution in [0.4, 0.5) is 5.69 Å². The van der Waals surface area contributed by atoms with Crippen molar-refractivity contribution in [3.05, 3.63) is 77.5 Å². The van der Waals surface area contributed by atoms with Gasteiger partial charge >= 0.3 is 0 Å². The van der Waals surface area contributed by atoms with E-state index in [1.807, 2.05) is 0 Å². The number of anilines is 1. The first-order valence-electron chi connectivity index (χ1n) is 7.68. The monoisotopic (exact) mass is 279 g/mol. The van der Waals surface area contributed by atoms with Crippen LogP contribution in [0.2, 0.25) is 0 Å². The maximum absolute atomic E-state index is 4.11. The largest absolute Gasteiger partial charge is 0.359 e. The normalized spacial score (nSPS) is 12.0. The van der Waals surface area contributed by atoms with Crippen LogP contribution < -0.4 is 5.32 Å². The lowest BCUT2D eigenvalue weighted by Crippen LogP contribution is -2.06. The van der Waals surface area contributed by atoms with E-state index in [9.17, 15) is 0 Å². The molecule has 0 radical (unpaired) electrons. The highest BCUT2D eigenvalue weighted by Crippen LogP contribution is 2.19. The maximum Gasteiger partial charge on any atom is 0.0381 e. The fourth-order valence-corrected chi connectivity index (χ4v) is 2.32. The maximum atomic E-state index is 4.11. The Hall–Kier alpha value is -2.02. The first kappa shape index (κ1) is 15.4. The first-order chi connectivity index (χ1) is 10.1. The molecule has 1 unspecified atom stereocenters. The third kappa shape index (κ3) is 4.49. The number of nitrogens with one attached hydrogen (secondary N) is 1. The van der Waals surface area contributed by atoms with Crippen LogP contribution in [-0.4, -0.2) is 0 Å². The molecule has 0 bridgehead atoms. The second kappa shape index (κ2) is 7.12. The molecule has 1 heteroatoms. The van der Waals surface area contributed by atoms with Crippen molar-refractivity contribution >= 4 is 5.69 Å². The van der Waals surface area contributed by atoms with Crippen molar-refractivity contribution in [2.45, 2.75) is 33.6 Å². The van der Waals surface area contributed by atoms with Crippen molar-refractivity contribution in [2.24, 2.45) is 5.92 Å². The highest BCUT2D eigenvalue weighted by atomic mass is 14.9. The second-order valence-corrected chi connectivity index (χ2v) is 5.82. The van der Waals surface area contributed by atoms with Gasteiger partial charge < -0.3 is 5.32 Å². The summed E-state index contributed by atoms with van der Waals surface area (Å²) < 4.78 is 0. The molecule has 0 fully saturated rings. The van der Waals surface area contributed by atoms with Crippen molar-refractivity contribution in [1.82, 2.24) is 0 Å². The number of hydrogen-bond acceptors (Lipinski definition) is 1. The Morgan fingerprint density at radius 3 is 2.43 bits per heavy atom. The molecule has 0 aromatic heterocycles. The summed E-state index contributed by atoms with van der Waals surface area (Å²) in [7, 11) is 0. The summed E-state index contributed by atoms with van der Waals surface area (Å²) in [5.41, 5.74) is 6.22. The fraction of sp³-hybridized carbons (Fsp3) is 0.300. The van der Waals surface area contributed by atoms with Gasteiger partial charge in [0, 0.05) is 11.4 Å². The van der Waals surface area contributed by atoms with Gasteiger partial charge in [0.2, 0.25) is 0 Å². The molecule has 2 aromatic carbocycles. The molecule has 2 rings (SSSR count). The van der Waals surface area contributed by atoms with E-state index in [1.165, 1.54) is 16.7 Å². The molecule has 0 aliphatic heterocycles. The highest BCUT2D eigenvalue weighted by molar-refractivity contribution is 5.49. The second-order valence-electron chi connectivity index (χ2n) is 5.82. The van der Waals surface area contributed by atoms with Crippen molar-refractivity contribution in [1.29, 1.82) is 0 Å². The van der Waals surface area contributed by atoms with Crippen LogP contribution in [0.15, 0.2) is 60.8 Å². The molecule has 0 saturated carbocycles. The van der Waals surface area contributed by atoms with E-state index >= 15 is 0 Å². The molecule has 0 amide bonds. The number of benzene rings is 2. The molecule has 1 atom stereocenters. The van der Waals surface area contributed by atoms with Crippen LogP contribution in [0, 0.1) is 12.8 Å². The van der Waals surface area contributed by atoms with E-state index in [0.29, 0.717) is 5.92 Å². The summed E-state index contributed by atoms with van der Waals surface area (Å²) in [5, 5.41) is 3.40. The zero-order valence-corrected chi connectivity index (χ0v) is 13.3. The SMILES string of the molecule is C=C(Nc1ccc(Cc2cccc(C)c2)cc1)C(C)CC. The highest BCUT2D eigenvalue weighted by Gasteiger charge is 2.04. The smallest absolute Gasteiger partial charge is 0.0381 e. The van der Waals surface area contributed by atoms with Gasteiger partial charge in [0.05, 0.1) is 0 Å². The third-order valence-electron chi connectivity index (χ3n) is 3.96. The minimum atomic E-state index is 0.497. The first-order valence-corrected chi connectivity index (χ1v) is 7.68. The Morgan fingerprint density at radius 1 is 1.10 bits per heavy atom. The number of hydrogen-bond donors (Lipinski definition) is 1. The fourth-order valence-electron chi connectivity index (χ4n) is 2.32. The molecule has 2 aromatic rings. The van der Waals surface area contributed by atoms with E-state index in [-0.39, 0.29) is 0 Å². The minimum Gasteiger partial charge on any atom is -0.359 e. The molecule has 0 saturated heterocycles. The average molecular weight is 279 g/mol. The van der Waals surface area contributed by atoms with Crippen molar-refractivity contribution in [3.8, 4) is 0 Å². The predicted molar refractivity (Wildman–Crippen MR) is 92.6 cm³/mol. The summed E-state index contributed by atoms with van der Waals surface area (Å²) in [6.45, 7) is 10.6. The molecule has 0 heterocycles. The quantitative estimate of drug-likeness (QED) is 0.730. The lowest BCUT2D eigenvalue weighted by atomic mass is 10.0. The van der Waals surface area contributed by atoms with E-state index in [4.69, 9.17) is 0 Å². The number of aryl methyl sites for hydroxylation is 1. The Morgan fingerprint density at radius 2 is 1.81 bits per heavy atom. The van der Waals surface area contributed by atoms with Crippen molar-refractivity contribution in [3.63, 3.8) is 0 Å². The lowest BCUT2D eigenvalue weighted by Gasteiger charge is -2.15. The predicted octanol–water partition coefficient (Wildman–Crippen LogP) is 5.56. The zero-order chi connectivity index (χ0) is 15.2. The molecule has 0 aliphatic carbocycles. The van der Waals surface area contributed by atoms with Gasteiger partial charge in [-0.2, -0.15) is 0 Å². The number of rotatable bonds is 6. The van der Waals surface area contributed by atoms with Crippen LogP contribution in [-0.2, 0) is 6.42 Å². The van der Waals surface area contributed by atoms with Crippen LogP contribution >= 0.6 is 0 Å². The zero-order valence-electron chi connectivity index (χ0n) is 13.3. The Balaban J connectivity index is 2.00. The Labute approximate surface area is 128 Å².